The Morgan fingerprint density at radius 1 is 1.33 bits per heavy atom. The van der Waals surface area contributed by atoms with Gasteiger partial charge in [0.25, 0.3) is 0 Å². The lowest BCUT2D eigenvalue weighted by Gasteiger charge is -2.22. The molecular formula is C20H23NO6. The van der Waals surface area contributed by atoms with E-state index in [9.17, 15) is 19.5 Å². The fourth-order valence-corrected chi connectivity index (χ4v) is 3.65. The van der Waals surface area contributed by atoms with Crippen molar-refractivity contribution in [3.05, 3.63) is 39.7 Å². The summed E-state index contributed by atoms with van der Waals surface area (Å²) in [7, 11) is 0. The van der Waals surface area contributed by atoms with Crippen LogP contribution < -0.4 is 10.9 Å². The maximum atomic E-state index is 12.6. The van der Waals surface area contributed by atoms with Crippen LogP contribution in [0, 0.1) is 12.8 Å². The second-order valence-corrected chi connectivity index (χ2v) is 7.01. The quantitative estimate of drug-likeness (QED) is 0.616. The number of hydrogen-bond acceptors (Lipinski definition) is 6. The maximum Gasteiger partial charge on any atom is 0.336 e. The second kappa shape index (κ2) is 7.82. The number of aromatic hydroxyl groups is 1. The van der Waals surface area contributed by atoms with E-state index in [-0.39, 0.29) is 29.8 Å². The van der Waals surface area contributed by atoms with Gasteiger partial charge >= 0.3 is 11.6 Å². The molecule has 7 heteroatoms. The molecule has 2 aromatic rings. The highest BCUT2D eigenvalue weighted by molar-refractivity contribution is 5.86. The zero-order chi connectivity index (χ0) is 19.6. The molecule has 0 bridgehead atoms. The summed E-state index contributed by atoms with van der Waals surface area (Å²) in [6, 6.07) is 3.71. The normalized spacial score (nSPS) is 15.6. The van der Waals surface area contributed by atoms with Gasteiger partial charge in [0.05, 0.1) is 0 Å². The zero-order valence-corrected chi connectivity index (χ0v) is 15.4. The highest BCUT2D eigenvalue weighted by Crippen LogP contribution is 2.30. The van der Waals surface area contributed by atoms with E-state index in [2.05, 4.69) is 5.32 Å². The first-order valence-electron chi connectivity index (χ1n) is 9.06. The lowest BCUT2D eigenvalue weighted by Crippen LogP contribution is -2.45. The van der Waals surface area contributed by atoms with E-state index in [0.717, 1.165) is 25.7 Å². The average Bonchev–Trinajstić information content (AvgIpc) is 3.15. The number of amides is 1. The number of rotatable bonds is 5. The molecule has 1 heterocycles. The first-order valence-corrected chi connectivity index (χ1v) is 9.06. The van der Waals surface area contributed by atoms with Crippen LogP contribution >= 0.6 is 0 Å². The van der Waals surface area contributed by atoms with Gasteiger partial charge in [-0.3, -0.25) is 4.79 Å². The highest BCUT2D eigenvalue weighted by Gasteiger charge is 2.32. The molecule has 0 aliphatic heterocycles. The molecule has 27 heavy (non-hydrogen) atoms. The molecule has 1 aliphatic rings. The molecule has 1 saturated carbocycles. The van der Waals surface area contributed by atoms with Crippen molar-refractivity contribution in [3.8, 4) is 5.75 Å². The minimum atomic E-state index is -0.679. The Hall–Kier alpha value is -2.83. The molecule has 0 spiro atoms. The SMILES string of the molecule is CC(=O)N[C@H](C(=O)OCc1cc(=O)oc2c(C)c(O)ccc12)C1CCCC1. The number of fused-ring (bicyclic) bond motifs is 1. The minimum absolute atomic E-state index is 0.0201. The first-order chi connectivity index (χ1) is 12.9. The molecule has 144 valence electrons. The number of phenols is 1. The fourth-order valence-electron chi connectivity index (χ4n) is 3.65. The summed E-state index contributed by atoms with van der Waals surface area (Å²) in [6.07, 6.45) is 3.80. The van der Waals surface area contributed by atoms with Gasteiger partial charge in [-0.15, -0.1) is 0 Å². The molecule has 0 saturated heterocycles. The Kier molecular flexibility index (Phi) is 5.48. The van der Waals surface area contributed by atoms with Crippen molar-refractivity contribution >= 4 is 22.8 Å². The number of carbonyl (C=O) groups is 2. The van der Waals surface area contributed by atoms with Crippen molar-refractivity contribution in [2.24, 2.45) is 5.92 Å². The monoisotopic (exact) mass is 373 g/mol. The van der Waals surface area contributed by atoms with Gasteiger partial charge in [0.1, 0.15) is 24.0 Å². The maximum absolute atomic E-state index is 12.6. The Bertz CT molecular complexity index is 926. The zero-order valence-electron chi connectivity index (χ0n) is 15.4. The van der Waals surface area contributed by atoms with Crippen LogP contribution in [0.1, 0.15) is 43.7 Å². The van der Waals surface area contributed by atoms with E-state index in [0.29, 0.717) is 16.5 Å². The van der Waals surface area contributed by atoms with Crippen LogP contribution in [-0.4, -0.2) is 23.0 Å². The standard InChI is InChI=1S/C20H23NO6/c1-11-16(23)8-7-15-14(9-17(24)27-19(11)15)10-26-20(25)18(21-12(2)22)13-5-3-4-6-13/h7-9,13,18,23H,3-6,10H2,1-2H3,(H,21,22)/t18-/m0/s1. The Labute approximate surface area is 156 Å². The van der Waals surface area contributed by atoms with Crippen molar-refractivity contribution in [2.75, 3.05) is 0 Å². The van der Waals surface area contributed by atoms with Gasteiger partial charge in [-0.05, 0) is 37.8 Å². The van der Waals surface area contributed by atoms with Crippen LogP contribution in [0.2, 0.25) is 0 Å². The number of carbonyl (C=O) groups excluding carboxylic acids is 2. The third-order valence-corrected chi connectivity index (χ3v) is 5.07. The molecule has 7 nitrogen and oxygen atoms in total. The van der Waals surface area contributed by atoms with Gasteiger partial charge in [-0.25, -0.2) is 9.59 Å². The van der Waals surface area contributed by atoms with Crippen molar-refractivity contribution in [1.29, 1.82) is 0 Å². The van der Waals surface area contributed by atoms with E-state index in [4.69, 9.17) is 9.15 Å². The predicted molar refractivity (Wildman–Crippen MR) is 98.2 cm³/mol. The smallest absolute Gasteiger partial charge is 0.336 e. The van der Waals surface area contributed by atoms with Crippen LogP contribution in [0.3, 0.4) is 0 Å². The Morgan fingerprint density at radius 2 is 2.04 bits per heavy atom. The molecule has 1 fully saturated rings. The summed E-state index contributed by atoms with van der Waals surface area (Å²) in [6.45, 7) is 2.90. The van der Waals surface area contributed by atoms with Gasteiger partial charge in [0, 0.05) is 29.5 Å². The van der Waals surface area contributed by atoms with Gasteiger partial charge < -0.3 is 19.6 Å². The molecule has 1 aromatic carbocycles. The van der Waals surface area contributed by atoms with Crippen molar-refractivity contribution in [3.63, 3.8) is 0 Å². The van der Waals surface area contributed by atoms with Gasteiger partial charge in [-0.2, -0.15) is 0 Å². The van der Waals surface area contributed by atoms with Crippen molar-refractivity contribution < 1.29 is 23.8 Å². The molecule has 1 amide bonds. The van der Waals surface area contributed by atoms with E-state index >= 15 is 0 Å². The van der Waals surface area contributed by atoms with E-state index in [1.165, 1.54) is 19.1 Å². The minimum Gasteiger partial charge on any atom is -0.508 e. The number of esters is 1. The van der Waals surface area contributed by atoms with Crippen molar-refractivity contribution in [2.45, 2.75) is 52.2 Å². The number of hydrogen-bond donors (Lipinski definition) is 2. The van der Waals surface area contributed by atoms with E-state index in [1.54, 1.807) is 13.0 Å². The van der Waals surface area contributed by atoms with Crippen molar-refractivity contribution in [1.82, 2.24) is 5.32 Å². The van der Waals surface area contributed by atoms with Gasteiger partial charge in [0.2, 0.25) is 5.91 Å². The number of nitrogens with one attached hydrogen (secondary N) is 1. The summed E-state index contributed by atoms with van der Waals surface area (Å²) >= 11 is 0. The topological polar surface area (TPSA) is 106 Å². The Morgan fingerprint density at radius 3 is 2.70 bits per heavy atom. The molecule has 0 radical (unpaired) electrons. The summed E-state index contributed by atoms with van der Waals surface area (Å²) in [4.78, 5) is 35.9. The number of phenolic OH excluding ortho intramolecular Hbond substituents is 1. The molecule has 3 rings (SSSR count). The van der Waals surface area contributed by atoms with Crippen LogP contribution in [-0.2, 0) is 20.9 Å². The van der Waals surface area contributed by atoms with E-state index in [1.807, 2.05) is 0 Å². The Balaban J connectivity index is 1.82. The molecule has 0 unspecified atom stereocenters. The van der Waals surface area contributed by atoms with Crippen LogP contribution in [0.4, 0.5) is 0 Å². The average molecular weight is 373 g/mol. The molecule has 2 N–H and O–H groups in total. The van der Waals surface area contributed by atoms with Crippen LogP contribution in [0.15, 0.2) is 27.4 Å². The van der Waals surface area contributed by atoms with E-state index < -0.39 is 17.6 Å². The van der Waals surface area contributed by atoms with Crippen LogP contribution in [0.25, 0.3) is 11.0 Å². The fraction of sp³-hybridized carbons (Fsp3) is 0.450. The second-order valence-electron chi connectivity index (χ2n) is 7.01. The third kappa shape index (κ3) is 4.13. The number of ether oxygens (including phenoxy) is 1. The molecular weight excluding hydrogens is 350 g/mol. The lowest BCUT2D eigenvalue weighted by atomic mass is 9.98. The van der Waals surface area contributed by atoms with Gasteiger partial charge in [-0.1, -0.05) is 12.8 Å². The van der Waals surface area contributed by atoms with Crippen LogP contribution in [0.5, 0.6) is 5.75 Å². The number of aryl methyl sites for hydroxylation is 1. The summed E-state index contributed by atoms with van der Waals surface area (Å²) < 4.78 is 10.6. The number of benzene rings is 1. The third-order valence-electron chi connectivity index (χ3n) is 5.07. The largest absolute Gasteiger partial charge is 0.508 e. The lowest BCUT2D eigenvalue weighted by molar-refractivity contribution is -0.150. The molecule has 1 aromatic heterocycles. The summed E-state index contributed by atoms with van der Waals surface area (Å²) in [5, 5.41) is 13.1. The summed E-state index contributed by atoms with van der Waals surface area (Å²) in [5.41, 5.74) is 0.616. The predicted octanol–water partition coefficient (Wildman–Crippen LogP) is 2.55. The summed E-state index contributed by atoms with van der Waals surface area (Å²) in [5.74, 6) is -0.695. The van der Waals surface area contributed by atoms with Gasteiger partial charge in [0.15, 0.2) is 0 Å². The first kappa shape index (κ1) is 18.9. The highest BCUT2D eigenvalue weighted by atomic mass is 16.5. The molecule has 1 aliphatic carbocycles. The molecule has 1 atom stereocenters.